The van der Waals surface area contributed by atoms with Gasteiger partial charge in [-0.1, -0.05) is 32.0 Å². The van der Waals surface area contributed by atoms with Gasteiger partial charge in [0.25, 0.3) is 0 Å². The number of aliphatic hydroxyl groups is 1. The van der Waals surface area contributed by atoms with Crippen LogP contribution in [0.4, 0.5) is 0 Å². The van der Waals surface area contributed by atoms with Crippen LogP contribution in [-0.4, -0.2) is 10.1 Å². The molecule has 0 saturated heterocycles. The smallest absolute Gasteiger partial charge is 0.0682 e. The molecule has 2 nitrogen and oxygen atoms in total. The van der Waals surface area contributed by atoms with E-state index in [9.17, 15) is 5.11 Å². The molecule has 0 radical (unpaired) electrons. The molecule has 1 N–H and O–H groups in total. The zero-order valence-corrected chi connectivity index (χ0v) is 11.1. The van der Waals surface area contributed by atoms with Crippen LogP contribution < -0.4 is 0 Å². The Morgan fingerprint density at radius 3 is 2.67 bits per heavy atom. The molecule has 2 rings (SSSR count). The van der Waals surface area contributed by atoms with Crippen molar-refractivity contribution >= 4 is 0 Å². The fourth-order valence-electron chi connectivity index (χ4n) is 1.99. The van der Waals surface area contributed by atoms with Crippen LogP contribution in [0, 0.1) is 6.92 Å². The van der Waals surface area contributed by atoms with E-state index in [4.69, 9.17) is 0 Å². The Hall–Kier alpha value is -1.67. The van der Waals surface area contributed by atoms with Crippen LogP contribution in [-0.2, 0) is 6.61 Å². The number of aliphatic hydroxyl groups excluding tert-OH is 1. The fraction of sp³-hybridized carbons (Fsp3) is 0.312. The van der Waals surface area contributed by atoms with E-state index in [1.807, 2.05) is 31.3 Å². The molecule has 1 aromatic heterocycles. The van der Waals surface area contributed by atoms with Crippen molar-refractivity contribution in [2.45, 2.75) is 33.3 Å². The minimum absolute atomic E-state index is 0.0736. The van der Waals surface area contributed by atoms with E-state index in [0.29, 0.717) is 5.92 Å². The predicted octanol–water partition coefficient (Wildman–Crippen LogP) is 3.67. The Bertz CT molecular complexity index is 547. The van der Waals surface area contributed by atoms with Gasteiger partial charge in [0.1, 0.15) is 0 Å². The lowest BCUT2D eigenvalue weighted by Crippen LogP contribution is -1.95. The standard InChI is InChI=1S/C16H19NO/c1-11(2)15-8-16(12(3)17-9-15)14-6-4-5-13(7-14)10-18/h4-9,11,18H,10H2,1-3H3. The molecular weight excluding hydrogens is 222 g/mol. The molecule has 1 aromatic carbocycles. The molecule has 0 atom stereocenters. The first-order chi connectivity index (χ1) is 8.61. The van der Waals surface area contributed by atoms with Crippen molar-refractivity contribution in [2.75, 3.05) is 0 Å². The van der Waals surface area contributed by atoms with Gasteiger partial charge in [-0.05, 0) is 41.7 Å². The average Bonchev–Trinajstić information content (AvgIpc) is 2.39. The lowest BCUT2D eigenvalue weighted by Gasteiger charge is -2.11. The Balaban J connectivity index is 2.51. The monoisotopic (exact) mass is 241 g/mol. The van der Waals surface area contributed by atoms with E-state index in [2.05, 4.69) is 31.0 Å². The van der Waals surface area contributed by atoms with Crippen LogP contribution in [0.1, 0.15) is 36.6 Å². The summed E-state index contributed by atoms with van der Waals surface area (Å²) in [6.45, 7) is 6.43. The summed E-state index contributed by atoms with van der Waals surface area (Å²) in [5.74, 6) is 0.470. The number of hydrogen-bond donors (Lipinski definition) is 1. The summed E-state index contributed by atoms with van der Waals surface area (Å²) in [5, 5.41) is 9.21. The highest BCUT2D eigenvalue weighted by Crippen LogP contribution is 2.26. The largest absolute Gasteiger partial charge is 0.392 e. The third-order valence-electron chi connectivity index (χ3n) is 3.20. The SMILES string of the molecule is Cc1ncc(C(C)C)cc1-c1cccc(CO)c1. The Morgan fingerprint density at radius 1 is 1.22 bits per heavy atom. The molecule has 2 aromatic rings. The summed E-state index contributed by atoms with van der Waals surface area (Å²) >= 11 is 0. The Morgan fingerprint density at radius 2 is 2.00 bits per heavy atom. The minimum Gasteiger partial charge on any atom is -0.392 e. The lowest BCUT2D eigenvalue weighted by molar-refractivity contribution is 0.282. The van der Waals surface area contributed by atoms with E-state index in [-0.39, 0.29) is 6.61 Å². The molecular formula is C16H19NO. The van der Waals surface area contributed by atoms with E-state index < -0.39 is 0 Å². The first-order valence-corrected chi connectivity index (χ1v) is 6.28. The van der Waals surface area contributed by atoms with E-state index in [0.717, 1.165) is 22.4 Å². The third-order valence-corrected chi connectivity index (χ3v) is 3.20. The molecule has 94 valence electrons. The molecule has 0 aliphatic rings. The van der Waals surface area contributed by atoms with Gasteiger partial charge >= 0.3 is 0 Å². The maximum atomic E-state index is 9.21. The van der Waals surface area contributed by atoms with Crippen molar-refractivity contribution in [3.05, 3.63) is 53.3 Å². The summed E-state index contributed by atoms with van der Waals surface area (Å²) in [4.78, 5) is 4.47. The van der Waals surface area contributed by atoms with E-state index in [1.54, 1.807) is 0 Å². The summed E-state index contributed by atoms with van der Waals surface area (Å²) in [6, 6.07) is 10.2. The van der Waals surface area contributed by atoms with Gasteiger partial charge in [-0.3, -0.25) is 4.98 Å². The van der Waals surface area contributed by atoms with Crippen molar-refractivity contribution < 1.29 is 5.11 Å². The second kappa shape index (κ2) is 5.32. The zero-order valence-electron chi connectivity index (χ0n) is 11.1. The van der Waals surface area contributed by atoms with Gasteiger partial charge in [-0.2, -0.15) is 0 Å². The molecule has 1 heterocycles. The molecule has 0 fully saturated rings. The predicted molar refractivity (Wildman–Crippen MR) is 74.4 cm³/mol. The normalized spacial score (nSPS) is 10.9. The molecule has 0 aliphatic carbocycles. The van der Waals surface area contributed by atoms with Crippen LogP contribution in [0.5, 0.6) is 0 Å². The topological polar surface area (TPSA) is 33.1 Å². The zero-order chi connectivity index (χ0) is 13.1. The second-order valence-corrected chi connectivity index (χ2v) is 4.91. The second-order valence-electron chi connectivity index (χ2n) is 4.91. The highest BCUT2D eigenvalue weighted by atomic mass is 16.3. The molecule has 0 amide bonds. The number of benzene rings is 1. The summed E-state index contributed by atoms with van der Waals surface area (Å²) in [5.41, 5.74) is 5.46. The van der Waals surface area contributed by atoms with Crippen molar-refractivity contribution in [1.29, 1.82) is 0 Å². The van der Waals surface area contributed by atoms with Crippen LogP contribution >= 0.6 is 0 Å². The summed E-state index contributed by atoms with van der Waals surface area (Å²) in [6.07, 6.45) is 1.94. The van der Waals surface area contributed by atoms with E-state index >= 15 is 0 Å². The van der Waals surface area contributed by atoms with Gasteiger partial charge in [0.05, 0.1) is 6.61 Å². The van der Waals surface area contributed by atoms with Crippen molar-refractivity contribution in [3.8, 4) is 11.1 Å². The average molecular weight is 241 g/mol. The maximum Gasteiger partial charge on any atom is 0.0682 e. The summed E-state index contributed by atoms with van der Waals surface area (Å²) < 4.78 is 0. The Kier molecular flexibility index (Phi) is 3.78. The van der Waals surface area contributed by atoms with Crippen LogP contribution in [0.2, 0.25) is 0 Å². The molecule has 0 unspecified atom stereocenters. The van der Waals surface area contributed by atoms with Gasteiger partial charge in [-0.25, -0.2) is 0 Å². The third kappa shape index (κ3) is 2.59. The van der Waals surface area contributed by atoms with Gasteiger partial charge in [-0.15, -0.1) is 0 Å². The Labute approximate surface area is 108 Å². The number of nitrogens with zero attached hydrogens (tertiary/aromatic N) is 1. The molecule has 0 aliphatic heterocycles. The molecule has 0 bridgehead atoms. The lowest BCUT2D eigenvalue weighted by atomic mass is 9.97. The van der Waals surface area contributed by atoms with Gasteiger partial charge in [0.2, 0.25) is 0 Å². The summed E-state index contributed by atoms with van der Waals surface area (Å²) in [7, 11) is 0. The molecule has 18 heavy (non-hydrogen) atoms. The molecule has 2 heteroatoms. The first kappa shape index (κ1) is 12.8. The van der Waals surface area contributed by atoms with Gasteiger partial charge in [0, 0.05) is 17.5 Å². The molecule has 0 spiro atoms. The molecule has 0 saturated carbocycles. The van der Waals surface area contributed by atoms with Crippen LogP contribution in [0.3, 0.4) is 0 Å². The number of hydrogen-bond acceptors (Lipinski definition) is 2. The van der Waals surface area contributed by atoms with Crippen LogP contribution in [0.25, 0.3) is 11.1 Å². The minimum atomic E-state index is 0.0736. The maximum absolute atomic E-state index is 9.21. The number of aromatic nitrogens is 1. The quantitative estimate of drug-likeness (QED) is 0.889. The highest BCUT2D eigenvalue weighted by Gasteiger charge is 2.07. The number of rotatable bonds is 3. The van der Waals surface area contributed by atoms with Crippen LogP contribution in [0.15, 0.2) is 36.5 Å². The van der Waals surface area contributed by atoms with Gasteiger partial charge < -0.3 is 5.11 Å². The number of aryl methyl sites for hydroxylation is 1. The highest BCUT2D eigenvalue weighted by molar-refractivity contribution is 5.67. The fourth-order valence-corrected chi connectivity index (χ4v) is 1.99. The first-order valence-electron chi connectivity index (χ1n) is 6.28. The van der Waals surface area contributed by atoms with Crippen molar-refractivity contribution in [2.24, 2.45) is 0 Å². The van der Waals surface area contributed by atoms with E-state index in [1.165, 1.54) is 5.56 Å². The van der Waals surface area contributed by atoms with Crippen molar-refractivity contribution in [1.82, 2.24) is 4.98 Å². The van der Waals surface area contributed by atoms with Crippen molar-refractivity contribution in [3.63, 3.8) is 0 Å². The van der Waals surface area contributed by atoms with Gasteiger partial charge in [0.15, 0.2) is 0 Å². The number of pyridine rings is 1.